The van der Waals surface area contributed by atoms with Crippen molar-refractivity contribution in [2.24, 2.45) is 11.3 Å². The van der Waals surface area contributed by atoms with Gasteiger partial charge in [-0.15, -0.1) is 0 Å². The Balaban J connectivity index is 2.50. The first-order chi connectivity index (χ1) is 8.80. The predicted molar refractivity (Wildman–Crippen MR) is 73.8 cm³/mol. The standard InChI is InChI=1S/C13H24N2O3S/c1-13(2,6-3-7-16)10-15-19(17,18)12-5-4-11(8-12)9-14/h11-12,15-16H,3-8,10H2,1-2H3. The van der Waals surface area contributed by atoms with Gasteiger partial charge in [-0.25, -0.2) is 13.1 Å². The van der Waals surface area contributed by atoms with E-state index in [-0.39, 0.29) is 17.9 Å². The Hall–Kier alpha value is -0.640. The fourth-order valence-electron chi connectivity index (χ4n) is 2.40. The number of hydrogen-bond acceptors (Lipinski definition) is 4. The second kappa shape index (κ2) is 6.69. The Morgan fingerprint density at radius 3 is 2.63 bits per heavy atom. The zero-order chi connectivity index (χ0) is 14.5. The largest absolute Gasteiger partial charge is 0.396 e. The number of sulfonamides is 1. The van der Waals surface area contributed by atoms with Gasteiger partial charge in [-0.2, -0.15) is 5.26 Å². The average Bonchev–Trinajstić information content (AvgIpc) is 2.84. The van der Waals surface area contributed by atoms with Crippen LogP contribution in [0.15, 0.2) is 0 Å². The third-order valence-electron chi connectivity index (χ3n) is 3.77. The molecule has 2 unspecified atom stereocenters. The van der Waals surface area contributed by atoms with Gasteiger partial charge in [-0.05, 0) is 37.5 Å². The van der Waals surface area contributed by atoms with Gasteiger partial charge >= 0.3 is 0 Å². The van der Waals surface area contributed by atoms with E-state index in [0.717, 1.165) is 6.42 Å². The van der Waals surface area contributed by atoms with Gasteiger partial charge in [0.2, 0.25) is 10.0 Å². The summed E-state index contributed by atoms with van der Waals surface area (Å²) in [7, 11) is -3.32. The molecule has 0 heterocycles. The first-order valence-corrected chi connectivity index (χ1v) is 8.34. The number of aliphatic hydroxyl groups excluding tert-OH is 1. The SMILES string of the molecule is CC(C)(CCCO)CNS(=O)(=O)C1CCC(C#N)C1. The van der Waals surface area contributed by atoms with Gasteiger partial charge in [0, 0.05) is 19.1 Å². The molecule has 6 heteroatoms. The van der Waals surface area contributed by atoms with Gasteiger partial charge in [-0.3, -0.25) is 0 Å². The highest BCUT2D eigenvalue weighted by molar-refractivity contribution is 7.90. The molecule has 1 saturated carbocycles. The molecule has 0 aromatic carbocycles. The third kappa shape index (κ3) is 5.09. The van der Waals surface area contributed by atoms with Crippen molar-refractivity contribution in [3.05, 3.63) is 0 Å². The quantitative estimate of drug-likeness (QED) is 0.741. The van der Waals surface area contributed by atoms with E-state index < -0.39 is 15.3 Å². The minimum Gasteiger partial charge on any atom is -0.396 e. The van der Waals surface area contributed by atoms with Crippen molar-refractivity contribution in [2.45, 2.75) is 51.2 Å². The maximum Gasteiger partial charge on any atom is 0.214 e. The van der Waals surface area contributed by atoms with Gasteiger partial charge in [0.05, 0.1) is 11.3 Å². The van der Waals surface area contributed by atoms with Crippen LogP contribution in [0.25, 0.3) is 0 Å². The van der Waals surface area contributed by atoms with Gasteiger partial charge in [0.1, 0.15) is 0 Å². The Kier molecular flexibility index (Phi) is 5.78. The minimum atomic E-state index is -3.32. The number of hydrogen-bond donors (Lipinski definition) is 2. The van der Waals surface area contributed by atoms with Crippen LogP contribution in [0.4, 0.5) is 0 Å². The van der Waals surface area contributed by atoms with Crippen molar-refractivity contribution < 1.29 is 13.5 Å². The molecule has 0 radical (unpaired) electrons. The molecule has 19 heavy (non-hydrogen) atoms. The van der Waals surface area contributed by atoms with Crippen LogP contribution in [0.5, 0.6) is 0 Å². The summed E-state index contributed by atoms with van der Waals surface area (Å²) in [6, 6.07) is 2.15. The van der Waals surface area contributed by atoms with E-state index >= 15 is 0 Å². The molecule has 0 saturated heterocycles. The van der Waals surface area contributed by atoms with Crippen molar-refractivity contribution >= 4 is 10.0 Å². The smallest absolute Gasteiger partial charge is 0.214 e. The monoisotopic (exact) mass is 288 g/mol. The molecular weight excluding hydrogens is 264 g/mol. The van der Waals surface area contributed by atoms with Crippen molar-refractivity contribution in [1.29, 1.82) is 5.26 Å². The second-order valence-corrected chi connectivity index (χ2v) is 8.16. The molecule has 2 atom stereocenters. The van der Waals surface area contributed by atoms with E-state index in [4.69, 9.17) is 10.4 Å². The van der Waals surface area contributed by atoms with Crippen molar-refractivity contribution in [1.82, 2.24) is 4.72 Å². The van der Waals surface area contributed by atoms with Crippen LogP contribution in [0, 0.1) is 22.7 Å². The normalized spacial score (nSPS) is 24.3. The lowest BCUT2D eigenvalue weighted by molar-refractivity contribution is 0.242. The van der Waals surface area contributed by atoms with E-state index in [1.54, 1.807) is 0 Å². The zero-order valence-electron chi connectivity index (χ0n) is 11.7. The lowest BCUT2D eigenvalue weighted by Crippen LogP contribution is -2.39. The Labute approximate surface area is 116 Å². The number of rotatable bonds is 7. The molecule has 0 aromatic rings. The van der Waals surface area contributed by atoms with Crippen LogP contribution < -0.4 is 4.72 Å². The summed E-state index contributed by atoms with van der Waals surface area (Å²) in [5, 5.41) is 17.2. The third-order valence-corrected chi connectivity index (χ3v) is 5.62. The number of nitrogens with one attached hydrogen (secondary N) is 1. The first-order valence-electron chi connectivity index (χ1n) is 6.80. The van der Waals surface area contributed by atoms with E-state index in [2.05, 4.69) is 10.8 Å². The van der Waals surface area contributed by atoms with Gasteiger partial charge < -0.3 is 5.11 Å². The first kappa shape index (κ1) is 16.4. The summed E-state index contributed by atoms with van der Waals surface area (Å²) in [4.78, 5) is 0. The summed E-state index contributed by atoms with van der Waals surface area (Å²) < 4.78 is 27.0. The molecule has 110 valence electrons. The van der Waals surface area contributed by atoms with Gasteiger partial charge in [0.25, 0.3) is 0 Å². The fraction of sp³-hybridized carbons (Fsp3) is 0.923. The molecule has 2 N–H and O–H groups in total. The molecule has 1 fully saturated rings. The summed E-state index contributed by atoms with van der Waals surface area (Å²) in [5.74, 6) is -0.121. The summed E-state index contributed by atoms with van der Waals surface area (Å²) >= 11 is 0. The molecule has 1 aliphatic carbocycles. The zero-order valence-corrected chi connectivity index (χ0v) is 12.5. The van der Waals surface area contributed by atoms with Gasteiger partial charge in [-0.1, -0.05) is 13.8 Å². The maximum atomic E-state index is 12.1. The Morgan fingerprint density at radius 2 is 2.11 bits per heavy atom. The fourth-order valence-corrected chi connectivity index (χ4v) is 4.16. The molecule has 5 nitrogen and oxygen atoms in total. The topological polar surface area (TPSA) is 90.2 Å². The number of nitriles is 1. The molecule has 0 aromatic heterocycles. The molecule has 1 aliphatic rings. The highest BCUT2D eigenvalue weighted by Gasteiger charge is 2.35. The summed E-state index contributed by atoms with van der Waals surface area (Å²) in [6.45, 7) is 4.47. The second-order valence-electron chi connectivity index (χ2n) is 6.12. The lowest BCUT2D eigenvalue weighted by atomic mass is 9.88. The Morgan fingerprint density at radius 1 is 1.42 bits per heavy atom. The van der Waals surface area contributed by atoms with Crippen molar-refractivity contribution in [3.63, 3.8) is 0 Å². The Bertz CT molecular complexity index is 426. The van der Waals surface area contributed by atoms with Crippen LogP contribution in [0.1, 0.15) is 46.0 Å². The average molecular weight is 288 g/mol. The van der Waals surface area contributed by atoms with E-state index in [9.17, 15) is 8.42 Å². The highest BCUT2D eigenvalue weighted by Crippen LogP contribution is 2.30. The molecule has 0 amide bonds. The molecule has 0 bridgehead atoms. The number of nitrogens with zero attached hydrogens (tertiary/aromatic N) is 1. The predicted octanol–water partition coefficient (Wildman–Crippen LogP) is 1.40. The van der Waals surface area contributed by atoms with Crippen molar-refractivity contribution in [3.8, 4) is 6.07 Å². The maximum absolute atomic E-state index is 12.1. The van der Waals surface area contributed by atoms with Crippen LogP contribution in [0.2, 0.25) is 0 Å². The number of aliphatic hydroxyl groups is 1. The van der Waals surface area contributed by atoms with Crippen LogP contribution >= 0.6 is 0 Å². The van der Waals surface area contributed by atoms with Crippen LogP contribution in [0.3, 0.4) is 0 Å². The van der Waals surface area contributed by atoms with Crippen LogP contribution in [-0.2, 0) is 10.0 Å². The minimum absolute atomic E-state index is 0.121. The van der Waals surface area contributed by atoms with Crippen molar-refractivity contribution in [2.75, 3.05) is 13.2 Å². The van der Waals surface area contributed by atoms with E-state index in [0.29, 0.717) is 32.2 Å². The van der Waals surface area contributed by atoms with E-state index in [1.165, 1.54) is 0 Å². The molecule has 1 rings (SSSR count). The molecule has 0 aliphatic heterocycles. The van der Waals surface area contributed by atoms with E-state index in [1.807, 2.05) is 13.8 Å². The molecule has 0 spiro atoms. The molecular formula is C13H24N2O3S. The van der Waals surface area contributed by atoms with Gasteiger partial charge in [0.15, 0.2) is 0 Å². The summed E-state index contributed by atoms with van der Waals surface area (Å²) in [6.07, 6.45) is 3.15. The van der Waals surface area contributed by atoms with Crippen LogP contribution in [-0.4, -0.2) is 31.9 Å². The highest BCUT2D eigenvalue weighted by atomic mass is 32.2. The summed E-state index contributed by atoms with van der Waals surface area (Å²) in [5.41, 5.74) is -0.164. The lowest BCUT2D eigenvalue weighted by Gasteiger charge is -2.25.